The van der Waals surface area contributed by atoms with E-state index < -0.39 is 5.97 Å². The Labute approximate surface area is 225 Å². The minimum atomic E-state index is -0.997. The maximum Gasteiger partial charge on any atom is 0.336 e. The zero-order valence-corrected chi connectivity index (χ0v) is 23.4. The smallest absolute Gasteiger partial charge is 0.336 e. The summed E-state index contributed by atoms with van der Waals surface area (Å²) >= 11 is 6.32. The third-order valence-corrected chi connectivity index (χ3v) is 10.6. The first-order chi connectivity index (χ1) is 17.2. The normalized spacial score (nSPS) is 11.2. The molecule has 8 heteroatoms. The Bertz CT molecular complexity index is 1520. The lowest BCUT2D eigenvalue weighted by Gasteiger charge is -2.20. The Balaban J connectivity index is 1.73. The summed E-state index contributed by atoms with van der Waals surface area (Å²) in [5.74, 6) is -1.07. The van der Waals surface area contributed by atoms with Gasteiger partial charge in [-0.3, -0.25) is 4.79 Å². The molecule has 0 saturated carbocycles. The minimum absolute atomic E-state index is 0.0754. The van der Waals surface area contributed by atoms with Crippen LogP contribution in [-0.4, -0.2) is 16.9 Å². The number of hydrogen-bond donors (Lipinski definition) is 2. The minimum Gasteiger partial charge on any atom is -0.478 e. The molecule has 0 amide bonds. The van der Waals surface area contributed by atoms with Crippen molar-refractivity contribution in [1.29, 1.82) is 0 Å². The van der Waals surface area contributed by atoms with E-state index in [1.165, 1.54) is 27.6 Å². The second kappa shape index (κ2) is 9.44. The lowest BCUT2D eigenvalue weighted by molar-refractivity contribution is 0.0696. The van der Waals surface area contributed by atoms with E-state index in [-0.39, 0.29) is 11.3 Å². The molecule has 0 saturated heterocycles. The van der Waals surface area contributed by atoms with Crippen LogP contribution in [0.4, 0.5) is 5.00 Å². The van der Waals surface area contributed by atoms with Crippen molar-refractivity contribution in [2.24, 2.45) is 0 Å². The molecule has 0 atom stereocenters. The number of carboxylic acid groups (broad SMARTS) is 1. The second-order valence-electron chi connectivity index (χ2n) is 8.55. The Morgan fingerprint density at radius 1 is 0.639 bits per heavy atom. The first-order valence-corrected chi connectivity index (χ1v) is 14.5. The average molecular weight is 550 g/mol. The summed E-state index contributed by atoms with van der Waals surface area (Å²) in [7, 11) is 0. The van der Waals surface area contributed by atoms with Crippen LogP contribution in [0.15, 0.2) is 48.5 Å². The highest BCUT2D eigenvalue weighted by molar-refractivity contribution is 7.25. The first-order valence-electron chi connectivity index (χ1n) is 11.2. The van der Waals surface area contributed by atoms with Crippen LogP contribution in [0.5, 0.6) is 0 Å². The maximum atomic E-state index is 13.0. The molecular formula is C28H23NO3S4. The fraction of sp³-hybridized carbons (Fsp3) is 0.143. The molecule has 0 unspecified atom stereocenters. The van der Waals surface area contributed by atoms with Gasteiger partial charge in [-0.2, -0.15) is 0 Å². The number of hydrogen-bond acceptors (Lipinski definition) is 7. The van der Waals surface area contributed by atoms with E-state index in [0.29, 0.717) is 27.8 Å². The van der Waals surface area contributed by atoms with E-state index in [1.54, 1.807) is 29.6 Å². The van der Waals surface area contributed by atoms with Gasteiger partial charge >= 0.3 is 5.97 Å². The number of thiophene rings is 4. The predicted octanol–water partition coefficient (Wildman–Crippen LogP) is 9.01. The molecule has 5 rings (SSSR count). The van der Waals surface area contributed by atoms with Crippen molar-refractivity contribution in [3.8, 4) is 40.4 Å². The molecule has 0 radical (unpaired) electrons. The molecular weight excluding hydrogens is 527 g/mol. The van der Waals surface area contributed by atoms with Crippen molar-refractivity contribution in [2.45, 2.75) is 27.7 Å². The molecule has 182 valence electrons. The maximum absolute atomic E-state index is 13.0. The Kier molecular flexibility index (Phi) is 6.46. The SMILES string of the molecule is CC(=O)c1c(C)c(-c2ccc(-c3ccc(N)s3)s2)c(C(=O)O)c(C)c1-c1ccc(-c2ccc(C)s2)s1. The predicted molar refractivity (Wildman–Crippen MR) is 155 cm³/mol. The van der Waals surface area contributed by atoms with Crippen LogP contribution in [0, 0.1) is 20.8 Å². The molecule has 4 aromatic heterocycles. The molecule has 0 aliphatic rings. The van der Waals surface area contributed by atoms with Gasteiger partial charge in [-0.25, -0.2) is 4.79 Å². The van der Waals surface area contributed by atoms with Gasteiger partial charge in [0.05, 0.1) is 10.6 Å². The van der Waals surface area contributed by atoms with E-state index in [4.69, 9.17) is 5.73 Å². The average Bonchev–Trinajstić information content (AvgIpc) is 3.60. The van der Waals surface area contributed by atoms with Crippen LogP contribution < -0.4 is 5.73 Å². The van der Waals surface area contributed by atoms with Gasteiger partial charge in [-0.05, 0) is 87.4 Å². The number of Topliss-reactive ketones (excluding diaryl/α,β-unsaturated/α-hetero) is 1. The second-order valence-corrected chi connectivity index (χ2v) is 13.1. The molecule has 3 N–H and O–H groups in total. The van der Waals surface area contributed by atoms with Crippen molar-refractivity contribution < 1.29 is 14.7 Å². The van der Waals surface area contributed by atoms with Crippen molar-refractivity contribution >= 4 is 62.1 Å². The van der Waals surface area contributed by atoms with E-state index in [9.17, 15) is 14.7 Å². The van der Waals surface area contributed by atoms with Crippen LogP contribution in [0.2, 0.25) is 0 Å². The van der Waals surface area contributed by atoms with Crippen LogP contribution in [0.3, 0.4) is 0 Å². The molecule has 0 spiro atoms. The lowest BCUT2D eigenvalue weighted by Crippen LogP contribution is -2.11. The van der Waals surface area contributed by atoms with Gasteiger partial charge in [-0.1, -0.05) is 0 Å². The standard InChI is InChI=1S/C28H23NO3S4/c1-13-5-6-17(33-13)18-7-9-21(34-18)25-15(3)27(28(31)32)26(14(2)24(25)16(4)30)22-10-8-19(35-22)20-11-12-23(29)36-20/h5-12H,29H2,1-4H3,(H,31,32). The number of anilines is 1. The Morgan fingerprint density at radius 2 is 1.08 bits per heavy atom. The number of ketones is 1. The number of carbonyl (C=O) groups is 2. The summed E-state index contributed by atoms with van der Waals surface area (Å²) in [6.45, 7) is 7.31. The fourth-order valence-electron chi connectivity index (χ4n) is 4.58. The quantitative estimate of drug-likeness (QED) is 0.207. The van der Waals surface area contributed by atoms with Gasteiger partial charge < -0.3 is 10.8 Å². The monoisotopic (exact) mass is 549 g/mol. The van der Waals surface area contributed by atoms with Crippen molar-refractivity contribution in [3.05, 3.63) is 75.7 Å². The summed E-state index contributed by atoms with van der Waals surface area (Å²) in [5.41, 5.74) is 9.38. The zero-order chi connectivity index (χ0) is 25.7. The van der Waals surface area contributed by atoms with Gasteiger partial charge in [-0.15, -0.1) is 45.3 Å². The summed E-state index contributed by atoms with van der Waals surface area (Å²) in [5, 5.41) is 11.1. The molecule has 0 fully saturated rings. The Morgan fingerprint density at radius 3 is 1.56 bits per heavy atom. The van der Waals surface area contributed by atoms with Gasteiger partial charge in [0.25, 0.3) is 0 Å². The highest BCUT2D eigenvalue weighted by Gasteiger charge is 2.28. The van der Waals surface area contributed by atoms with E-state index in [2.05, 4.69) is 25.1 Å². The van der Waals surface area contributed by atoms with Gasteiger partial charge in [0.2, 0.25) is 0 Å². The summed E-state index contributed by atoms with van der Waals surface area (Å²) < 4.78 is 0. The van der Waals surface area contributed by atoms with E-state index in [0.717, 1.165) is 34.3 Å². The number of rotatable bonds is 6. The zero-order valence-electron chi connectivity index (χ0n) is 20.1. The van der Waals surface area contributed by atoms with Gasteiger partial charge in [0, 0.05) is 50.8 Å². The number of benzene rings is 1. The highest BCUT2D eigenvalue weighted by Crippen LogP contribution is 2.47. The molecule has 0 aliphatic carbocycles. The molecule has 4 heterocycles. The fourth-order valence-corrected chi connectivity index (χ4v) is 8.64. The number of aromatic carboxylic acids is 1. The number of aryl methyl sites for hydroxylation is 1. The summed E-state index contributed by atoms with van der Waals surface area (Å²) in [6.07, 6.45) is 0. The highest BCUT2D eigenvalue weighted by atomic mass is 32.1. The summed E-state index contributed by atoms with van der Waals surface area (Å²) in [4.78, 5) is 33.0. The molecule has 0 aliphatic heterocycles. The van der Waals surface area contributed by atoms with Crippen LogP contribution in [0.1, 0.15) is 43.6 Å². The molecule has 36 heavy (non-hydrogen) atoms. The molecule has 4 nitrogen and oxygen atoms in total. The van der Waals surface area contributed by atoms with Crippen LogP contribution in [-0.2, 0) is 0 Å². The largest absolute Gasteiger partial charge is 0.478 e. The Hall–Kier alpha value is -3.04. The topological polar surface area (TPSA) is 80.4 Å². The van der Waals surface area contributed by atoms with E-state index >= 15 is 0 Å². The van der Waals surface area contributed by atoms with Crippen molar-refractivity contribution in [1.82, 2.24) is 0 Å². The number of carboxylic acids is 1. The summed E-state index contributed by atoms with van der Waals surface area (Å²) in [6, 6.07) is 16.0. The number of nitrogens with two attached hydrogens (primary N) is 1. The van der Waals surface area contributed by atoms with Crippen molar-refractivity contribution in [3.63, 3.8) is 0 Å². The van der Waals surface area contributed by atoms with Crippen LogP contribution in [0.25, 0.3) is 40.4 Å². The molecule has 5 aromatic rings. The van der Waals surface area contributed by atoms with Gasteiger partial charge in [0.15, 0.2) is 5.78 Å². The number of carbonyl (C=O) groups excluding carboxylic acids is 1. The lowest BCUT2D eigenvalue weighted by atomic mass is 9.85. The van der Waals surface area contributed by atoms with Gasteiger partial charge in [0.1, 0.15) is 0 Å². The third-order valence-electron chi connectivity index (χ3n) is 6.12. The van der Waals surface area contributed by atoms with Crippen molar-refractivity contribution in [2.75, 3.05) is 5.73 Å². The molecule has 1 aromatic carbocycles. The molecule has 0 bridgehead atoms. The number of nitrogen functional groups attached to an aromatic ring is 1. The first kappa shape index (κ1) is 24.6. The van der Waals surface area contributed by atoms with Crippen LogP contribution >= 0.6 is 45.3 Å². The third kappa shape index (κ3) is 4.24. The van der Waals surface area contributed by atoms with E-state index in [1.807, 2.05) is 44.2 Å².